The van der Waals surface area contributed by atoms with E-state index in [1.165, 1.54) is 18.5 Å². The molecular formula is C24H22F3N5O2. The van der Waals surface area contributed by atoms with E-state index < -0.39 is 29.3 Å². The highest BCUT2D eigenvalue weighted by molar-refractivity contribution is 5.88. The number of hydrogen-bond donors (Lipinski definition) is 1. The van der Waals surface area contributed by atoms with Gasteiger partial charge < -0.3 is 14.8 Å². The molecule has 176 valence electrons. The van der Waals surface area contributed by atoms with Crippen molar-refractivity contribution in [2.45, 2.75) is 50.2 Å². The molecule has 2 atom stereocenters. The Labute approximate surface area is 193 Å². The second-order valence-electron chi connectivity index (χ2n) is 8.65. The number of anilines is 1. The van der Waals surface area contributed by atoms with Crippen LogP contribution in [0, 0.1) is 17.1 Å². The molecule has 2 aliphatic rings. The molecule has 1 aliphatic carbocycles. The number of pyridine rings is 1. The van der Waals surface area contributed by atoms with Crippen LogP contribution in [0.4, 0.5) is 19.0 Å². The van der Waals surface area contributed by atoms with Crippen molar-refractivity contribution in [1.29, 1.82) is 5.26 Å². The fourth-order valence-electron chi connectivity index (χ4n) is 4.20. The van der Waals surface area contributed by atoms with Crippen molar-refractivity contribution in [1.82, 2.24) is 15.0 Å². The number of hydrogen-bond acceptors (Lipinski definition) is 7. The third kappa shape index (κ3) is 4.01. The van der Waals surface area contributed by atoms with Crippen LogP contribution in [0.1, 0.15) is 55.3 Å². The first-order valence-electron chi connectivity index (χ1n) is 11.1. The molecule has 10 heteroatoms. The summed E-state index contributed by atoms with van der Waals surface area (Å²) >= 11 is 0. The van der Waals surface area contributed by atoms with E-state index in [0.29, 0.717) is 54.4 Å². The second kappa shape index (κ2) is 8.72. The Morgan fingerprint density at radius 1 is 1.26 bits per heavy atom. The fraction of sp³-hybridized carbons (Fsp3) is 0.417. The molecule has 1 N–H and O–H groups in total. The lowest BCUT2D eigenvalue weighted by atomic mass is 9.97. The van der Waals surface area contributed by atoms with E-state index in [1.54, 1.807) is 13.0 Å². The Balaban J connectivity index is 1.53. The number of rotatable bonds is 7. The highest BCUT2D eigenvalue weighted by Crippen LogP contribution is 2.51. The third-order valence-electron chi connectivity index (χ3n) is 6.35. The topological polar surface area (TPSA) is 93.0 Å². The molecule has 0 bridgehead atoms. The Kier molecular flexibility index (Phi) is 5.73. The maximum atomic E-state index is 14.7. The lowest BCUT2D eigenvalue weighted by molar-refractivity contribution is 0.137. The number of alkyl halides is 2. The van der Waals surface area contributed by atoms with Crippen molar-refractivity contribution in [2.24, 2.45) is 0 Å². The molecule has 1 saturated heterocycles. The minimum Gasteiger partial charge on any atom is -0.472 e. The van der Waals surface area contributed by atoms with Gasteiger partial charge in [0.1, 0.15) is 24.1 Å². The first-order valence-corrected chi connectivity index (χ1v) is 11.1. The van der Waals surface area contributed by atoms with Gasteiger partial charge in [-0.3, -0.25) is 0 Å². The Morgan fingerprint density at radius 3 is 2.74 bits per heavy atom. The van der Waals surface area contributed by atoms with Crippen molar-refractivity contribution in [3.05, 3.63) is 53.1 Å². The third-order valence-corrected chi connectivity index (χ3v) is 6.35. The summed E-state index contributed by atoms with van der Waals surface area (Å²) < 4.78 is 52.5. The molecule has 0 amide bonds. The summed E-state index contributed by atoms with van der Waals surface area (Å²) in [7, 11) is 0. The summed E-state index contributed by atoms with van der Waals surface area (Å²) in [5.74, 6) is -0.237. The van der Waals surface area contributed by atoms with Gasteiger partial charge in [0, 0.05) is 17.5 Å². The van der Waals surface area contributed by atoms with Crippen LogP contribution in [0.15, 0.2) is 30.6 Å². The van der Waals surface area contributed by atoms with E-state index in [9.17, 15) is 18.4 Å². The molecule has 1 saturated carbocycles. The number of nitriles is 1. The van der Waals surface area contributed by atoms with E-state index in [2.05, 4.69) is 26.3 Å². The van der Waals surface area contributed by atoms with Crippen LogP contribution < -0.4 is 10.1 Å². The highest BCUT2D eigenvalue weighted by atomic mass is 19.3. The lowest BCUT2D eigenvalue weighted by Gasteiger charge is -2.20. The van der Waals surface area contributed by atoms with E-state index in [-0.39, 0.29) is 11.7 Å². The van der Waals surface area contributed by atoms with Crippen molar-refractivity contribution in [3.63, 3.8) is 0 Å². The van der Waals surface area contributed by atoms with Crippen LogP contribution in [-0.4, -0.2) is 34.3 Å². The molecule has 3 aromatic rings. The number of nitrogens with zero attached hydrogens (tertiary/aromatic N) is 4. The van der Waals surface area contributed by atoms with Gasteiger partial charge in [-0.25, -0.2) is 23.1 Å². The zero-order valence-electron chi connectivity index (χ0n) is 18.4. The minimum absolute atomic E-state index is 0.0922. The van der Waals surface area contributed by atoms with Crippen molar-refractivity contribution in [2.75, 3.05) is 18.5 Å². The Hall–Kier alpha value is -3.45. The average molecular weight is 469 g/mol. The Morgan fingerprint density at radius 2 is 2.06 bits per heavy atom. The lowest BCUT2D eigenvalue weighted by Crippen LogP contribution is -2.19. The van der Waals surface area contributed by atoms with Gasteiger partial charge in [-0.05, 0) is 25.8 Å². The molecule has 0 spiro atoms. The van der Waals surface area contributed by atoms with Crippen LogP contribution in [0.3, 0.4) is 0 Å². The van der Waals surface area contributed by atoms with Gasteiger partial charge >= 0.3 is 0 Å². The molecule has 1 aliphatic heterocycles. The van der Waals surface area contributed by atoms with Gasteiger partial charge in [-0.2, -0.15) is 10.2 Å². The number of nitrogens with one attached hydrogen (secondary N) is 1. The number of benzene rings is 1. The van der Waals surface area contributed by atoms with Crippen LogP contribution in [-0.2, 0) is 10.2 Å². The summed E-state index contributed by atoms with van der Waals surface area (Å²) in [6, 6.07) is 7.43. The zero-order chi connectivity index (χ0) is 23.9. The molecule has 3 heterocycles. The van der Waals surface area contributed by atoms with Crippen molar-refractivity contribution in [3.8, 4) is 11.9 Å². The minimum atomic E-state index is -2.91. The normalized spacial score (nSPS) is 19.7. The van der Waals surface area contributed by atoms with Gasteiger partial charge in [0.15, 0.2) is 5.65 Å². The maximum Gasteiger partial charge on any atom is 0.266 e. The van der Waals surface area contributed by atoms with Gasteiger partial charge in [-0.1, -0.05) is 18.2 Å². The first kappa shape index (κ1) is 22.3. The summed E-state index contributed by atoms with van der Waals surface area (Å²) in [4.78, 5) is 13.1. The molecule has 0 unspecified atom stereocenters. The van der Waals surface area contributed by atoms with Gasteiger partial charge in [0.05, 0.1) is 41.7 Å². The predicted molar refractivity (Wildman–Crippen MR) is 117 cm³/mol. The number of aromatic nitrogens is 3. The van der Waals surface area contributed by atoms with E-state index in [0.717, 1.165) is 12.5 Å². The number of halogens is 3. The van der Waals surface area contributed by atoms with Crippen LogP contribution in [0.5, 0.6) is 5.88 Å². The van der Waals surface area contributed by atoms with Crippen molar-refractivity contribution >= 4 is 16.9 Å². The molecular weight excluding hydrogens is 447 g/mol. The highest BCUT2D eigenvalue weighted by Gasteiger charge is 2.48. The summed E-state index contributed by atoms with van der Waals surface area (Å²) in [5.41, 5.74) is -0.241. The fourth-order valence-corrected chi connectivity index (χ4v) is 4.20. The van der Waals surface area contributed by atoms with Crippen LogP contribution >= 0.6 is 0 Å². The van der Waals surface area contributed by atoms with Gasteiger partial charge in [-0.15, -0.1) is 0 Å². The number of ether oxygens (including phenoxy) is 2. The quantitative estimate of drug-likeness (QED) is 0.521. The van der Waals surface area contributed by atoms with Crippen molar-refractivity contribution < 1.29 is 22.6 Å². The largest absolute Gasteiger partial charge is 0.472 e. The predicted octanol–water partition coefficient (Wildman–Crippen LogP) is 5.00. The maximum absolute atomic E-state index is 14.7. The first-order chi connectivity index (χ1) is 16.4. The molecule has 34 heavy (non-hydrogen) atoms. The smallest absolute Gasteiger partial charge is 0.266 e. The molecule has 2 aromatic heterocycles. The summed E-state index contributed by atoms with van der Waals surface area (Å²) in [6.07, 6.45) is 0.358. The average Bonchev–Trinajstić information content (AvgIpc) is 3.46. The van der Waals surface area contributed by atoms with E-state index in [4.69, 9.17) is 9.47 Å². The molecule has 1 aromatic carbocycles. The SMILES string of the molecule is C[C@@H](Nc1ncnc2nc(O[C@H]3CCOC3)c(C3(C#N)CC3)cc12)c1cccc(C(F)F)c1F. The van der Waals surface area contributed by atoms with Crippen LogP contribution in [0.25, 0.3) is 11.0 Å². The molecule has 7 nitrogen and oxygen atoms in total. The zero-order valence-corrected chi connectivity index (χ0v) is 18.4. The summed E-state index contributed by atoms with van der Waals surface area (Å²) in [5, 5.41) is 13.5. The number of fused-ring (bicyclic) bond motifs is 1. The van der Waals surface area contributed by atoms with E-state index >= 15 is 0 Å². The van der Waals surface area contributed by atoms with E-state index in [1.807, 2.05) is 0 Å². The van der Waals surface area contributed by atoms with Gasteiger partial charge in [0.25, 0.3) is 6.43 Å². The Bertz CT molecular complexity index is 1270. The second-order valence-corrected chi connectivity index (χ2v) is 8.65. The standard InChI is InChI=1S/C24H22F3N5O2/c1-13(15-3-2-4-16(19(15)25)20(26)27)31-21-17-9-18(24(11-28)6-7-24)23(32-22(17)30-12-29-21)34-14-5-8-33-10-14/h2-4,9,12-14,20H,5-8,10H2,1H3,(H,29,30,31,32)/t13-,14+/m1/s1. The molecule has 2 fully saturated rings. The summed E-state index contributed by atoms with van der Waals surface area (Å²) in [6.45, 7) is 2.72. The van der Waals surface area contributed by atoms with Crippen LogP contribution in [0.2, 0.25) is 0 Å². The monoisotopic (exact) mass is 469 g/mol. The van der Waals surface area contributed by atoms with Gasteiger partial charge in [0.2, 0.25) is 5.88 Å². The molecule has 5 rings (SSSR count). The molecule has 0 radical (unpaired) electrons.